The van der Waals surface area contributed by atoms with E-state index in [9.17, 15) is 4.79 Å². The second kappa shape index (κ2) is 7.67. The van der Waals surface area contributed by atoms with Crippen LogP contribution < -0.4 is 5.32 Å². The van der Waals surface area contributed by atoms with Gasteiger partial charge in [0.15, 0.2) is 0 Å². The second-order valence-electron chi connectivity index (χ2n) is 4.24. The summed E-state index contributed by atoms with van der Waals surface area (Å²) in [5, 5.41) is 3.29. The van der Waals surface area contributed by atoms with E-state index in [0.29, 0.717) is 11.8 Å². The van der Waals surface area contributed by atoms with E-state index in [-0.39, 0.29) is 18.3 Å². The van der Waals surface area contributed by atoms with E-state index >= 15 is 0 Å². The summed E-state index contributed by atoms with van der Waals surface area (Å²) in [7, 11) is 0. The maximum atomic E-state index is 12.1. The average molecular weight is 287 g/mol. The molecule has 0 aromatic heterocycles. The van der Waals surface area contributed by atoms with Gasteiger partial charge in [-0.1, -0.05) is 18.2 Å². The first-order valence-corrected chi connectivity index (χ1v) is 6.94. The largest absolute Gasteiger partial charge is 0.337 e. The number of nitrogens with zero attached hydrogens (tertiary/aromatic N) is 1. The van der Waals surface area contributed by atoms with Crippen LogP contribution in [0.25, 0.3) is 0 Å². The fourth-order valence-electron chi connectivity index (χ4n) is 1.96. The summed E-state index contributed by atoms with van der Waals surface area (Å²) in [6.45, 7) is 4.74. The Hall–Kier alpha value is -0.710. The Morgan fingerprint density at radius 2 is 2.17 bits per heavy atom. The van der Waals surface area contributed by atoms with Crippen molar-refractivity contribution in [3.63, 3.8) is 0 Å². The second-order valence-corrected chi connectivity index (χ2v) is 5.29. The molecule has 1 aliphatic heterocycles. The minimum Gasteiger partial charge on any atom is -0.337 e. The molecule has 1 fully saturated rings. The average Bonchev–Trinajstić information content (AvgIpc) is 2.38. The van der Waals surface area contributed by atoms with Gasteiger partial charge in [-0.05, 0) is 19.1 Å². The van der Waals surface area contributed by atoms with Crippen molar-refractivity contribution in [2.75, 3.05) is 25.4 Å². The van der Waals surface area contributed by atoms with E-state index < -0.39 is 0 Å². The van der Waals surface area contributed by atoms with Crippen molar-refractivity contribution >= 4 is 30.1 Å². The Kier molecular flexibility index (Phi) is 6.54. The molecule has 0 aliphatic carbocycles. The third kappa shape index (κ3) is 4.19. The SMILES string of the molecule is C[C@H]1CNCCN1C(=O)CSc1ccccc1.Cl. The summed E-state index contributed by atoms with van der Waals surface area (Å²) < 4.78 is 0. The van der Waals surface area contributed by atoms with E-state index in [4.69, 9.17) is 0 Å². The van der Waals surface area contributed by atoms with Crippen LogP contribution in [0.3, 0.4) is 0 Å². The van der Waals surface area contributed by atoms with Crippen LogP contribution in [0, 0.1) is 0 Å². The summed E-state index contributed by atoms with van der Waals surface area (Å²) in [5.74, 6) is 0.779. The Bertz CT molecular complexity index is 375. The molecule has 1 aromatic rings. The number of nitrogens with one attached hydrogen (secondary N) is 1. The summed E-state index contributed by atoms with van der Waals surface area (Å²) >= 11 is 1.61. The lowest BCUT2D eigenvalue weighted by Crippen LogP contribution is -2.52. The molecular weight excluding hydrogens is 268 g/mol. The Morgan fingerprint density at radius 3 is 2.83 bits per heavy atom. The maximum absolute atomic E-state index is 12.1. The van der Waals surface area contributed by atoms with Crippen molar-refractivity contribution in [3.05, 3.63) is 30.3 Å². The molecule has 0 bridgehead atoms. The van der Waals surface area contributed by atoms with Crippen LogP contribution in [0.1, 0.15) is 6.92 Å². The highest BCUT2D eigenvalue weighted by atomic mass is 35.5. The smallest absolute Gasteiger partial charge is 0.233 e. The molecule has 2 rings (SSSR count). The van der Waals surface area contributed by atoms with Crippen LogP contribution in [-0.2, 0) is 4.79 Å². The topological polar surface area (TPSA) is 32.3 Å². The number of carbonyl (C=O) groups is 1. The summed E-state index contributed by atoms with van der Waals surface area (Å²) in [4.78, 5) is 15.2. The minimum absolute atomic E-state index is 0. The number of thioether (sulfide) groups is 1. The highest BCUT2D eigenvalue weighted by Gasteiger charge is 2.22. The number of rotatable bonds is 3. The fourth-order valence-corrected chi connectivity index (χ4v) is 2.76. The van der Waals surface area contributed by atoms with Crippen LogP contribution in [0.5, 0.6) is 0 Å². The predicted molar refractivity (Wildman–Crippen MR) is 78.5 cm³/mol. The number of amides is 1. The molecule has 1 N–H and O–H groups in total. The van der Waals surface area contributed by atoms with Crippen molar-refractivity contribution in [1.29, 1.82) is 0 Å². The summed E-state index contributed by atoms with van der Waals surface area (Å²) in [6, 6.07) is 10.4. The van der Waals surface area contributed by atoms with Crippen LogP contribution >= 0.6 is 24.2 Å². The van der Waals surface area contributed by atoms with Crippen molar-refractivity contribution < 1.29 is 4.79 Å². The van der Waals surface area contributed by atoms with E-state index in [1.54, 1.807) is 11.8 Å². The molecular formula is C13H19ClN2OS. The van der Waals surface area contributed by atoms with Gasteiger partial charge in [0.25, 0.3) is 0 Å². The predicted octanol–water partition coefficient (Wildman–Crippen LogP) is 2.02. The molecule has 0 spiro atoms. The molecule has 1 heterocycles. The fraction of sp³-hybridized carbons (Fsp3) is 0.462. The molecule has 0 saturated carbocycles. The van der Waals surface area contributed by atoms with Gasteiger partial charge in [0.1, 0.15) is 0 Å². The van der Waals surface area contributed by atoms with E-state index in [2.05, 4.69) is 12.2 Å². The lowest BCUT2D eigenvalue weighted by atomic mass is 10.2. The first kappa shape index (κ1) is 15.3. The van der Waals surface area contributed by atoms with Gasteiger partial charge in [-0.15, -0.1) is 24.2 Å². The molecule has 0 radical (unpaired) electrons. The van der Waals surface area contributed by atoms with E-state index in [1.807, 2.05) is 35.2 Å². The molecule has 1 amide bonds. The number of benzene rings is 1. The minimum atomic E-state index is 0. The van der Waals surface area contributed by atoms with Gasteiger partial charge in [0.05, 0.1) is 5.75 Å². The normalized spacial score (nSPS) is 19.2. The molecule has 1 saturated heterocycles. The third-order valence-electron chi connectivity index (χ3n) is 2.93. The zero-order valence-electron chi connectivity index (χ0n) is 10.5. The maximum Gasteiger partial charge on any atom is 0.233 e. The zero-order chi connectivity index (χ0) is 12.1. The molecule has 3 nitrogen and oxygen atoms in total. The van der Waals surface area contributed by atoms with Gasteiger partial charge in [-0.2, -0.15) is 0 Å². The molecule has 100 valence electrons. The molecule has 1 aromatic carbocycles. The molecule has 0 unspecified atom stereocenters. The van der Waals surface area contributed by atoms with E-state index in [0.717, 1.165) is 24.5 Å². The van der Waals surface area contributed by atoms with Gasteiger partial charge in [0, 0.05) is 30.6 Å². The Morgan fingerprint density at radius 1 is 1.44 bits per heavy atom. The van der Waals surface area contributed by atoms with Crippen LogP contribution in [0.2, 0.25) is 0 Å². The lowest BCUT2D eigenvalue weighted by Gasteiger charge is -2.33. The van der Waals surface area contributed by atoms with E-state index in [1.165, 1.54) is 0 Å². The Labute approximate surface area is 119 Å². The highest BCUT2D eigenvalue weighted by molar-refractivity contribution is 8.00. The summed E-state index contributed by atoms with van der Waals surface area (Å²) in [6.07, 6.45) is 0. The molecule has 1 atom stereocenters. The monoisotopic (exact) mass is 286 g/mol. The van der Waals surface area contributed by atoms with Gasteiger partial charge in [-0.25, -0.2) is 0 Å². The van der Waals surface area contributed by atoms with Gasteiger partial charge in [0.2, 0.25) is 5.91 Å². The van der Waals surface area contributed by atoms with Crippen LogP contribution in [0.4, 0.5) is 0 Å². The molecule has 1 aliphatic rings. The van der Waals surface area contributed by atoms with Crippen molar-refractivity contribution in [2.45, 2.75) is 17.9 Å². The number of halogens is 1. The summed E-state index contributed by atoms with van der Waals surface area (Å²) in [5.41, 5.74) is 0. The zero-order valence-corrected chi connectivity index (χ0v) is 12.1. The van der Waals surface area contributed by atoms with Gasteiger partial charge < -0.3 is 10.2 Å². The molecule has 5 heteroatoms. The lowest BCUT2D eigenvalue weighted by molar-refractivity contribution is -0.131. The highest BCUT2D eigenvalue weighted by Crippen LogP contribution is 2.18. The van der Waals surface area contributed by atoms with Crippen LogP contribution in [-0.4, -0.2) is 42.2 Å². The number of hydrogen-bond donors (Lipinski definition) is 1. The molecule has 18 heavy (non-hydrogen) atoms. The third-order valence-corrected chi connectivity index (χ3v) is 3.92. The number of piperazine rings is 1. The van der Waals surface area contributed by atoms with Crippen molar-refractivity contribution in [3.8, 4) is 0 Å². The van der Waals surface area contributed by atoms with Gasteiger partial charge >= 0.3 is 0 Å². The van der Waals surface area contributed by atoms with Crippen LogP contribution in [0.15, 0.2) is 35.2 Å². The standard InChI is InChI=1S/C13H18N2OS.ClH/c1-11-9-14-7-8-15(11)13(16)10-17-12-5-3-2-4-6-12;/h2-6,11,14H,7-10H2,1H3;1H/t11-;/m0./s1. The first-order chi connectivity index (χ1) is 8.27. The number of hydrogen-bond acceptors (Lipinski definition) is 3. The van der Waals surface area contributed by atoms with Crippen molar-refractivity contribution in [2.24, 2.45) is 0 Å². The Balaban J connectivity index is 0.00000162. The quantitative estimate of drug-likeness (QED) is 0.863. The van der Waals surface area contributed by atoms with Crippen molar-refractivity contribution in [1.82, 2.24) is 10.2 Å². The first-order valence-electron chi connectivity index (χ1n) is 5.95. The number of carbonyl (C=O) groups excluding carboxylic acids is 1. The van der Waals surface area contributed by atoms with Gasteiger partial charge in [-0.3, -0.25) is 4.79 Å².